The maximum Gasteiger partial charge on any atom is 0.0619 e. The number of benzene rings is 6. The summed E-state index contributed by atoms with van der Waals surface area (Å²) in [5.41, 5.74) is 15.9. The van der Waals surface area contributed by atoms with Crippen LogP contribution in [0.15, 0.2) is 164 Å². The second-order valence-electron chi connectivity index (χ2n) is 13.1. The molecule has 0 radical (unpaired) electrons. The summed E-state index contributed by atoms with van der Waals surface area (Å²) in [5, 5.41) is 8.30. The van der Waals surface area contributed by atoms with Gasteiger partial charge in [-0.25, -0.2) is 0 Å². The van der Waals surface area contributed by atoms with Gasteiger partial charge in [-0.2, -0.15) is 0 Å². The molecule has 3 heterocycles. The number of hydrogen-bond donors (Lipinski definition) is 1. The van der Waals surface area contributed by atoms with Gasteiger partial charge in [-0.3, -0.25) is 4.98 Å². The molecule has 1 N–H and O–H groups in total. The van der Waals surface area contributed by atoms with Crippen LogP contribution in [-0.2, 0) is 0 Å². The van der Waals surface area contributed by atoms with Crippen molar-refractivity contribution in [1.82, 2.24) is 14.9 Å². The third kappa shape index (κ3) is 5.03. The number of pyridine rings is 1. The number of rotatable bonds is 5. The van der Waals surface area contributed by atoms with Crippen LogP contribution in [0.5, 0.6) is 0 Å². The average molecular weight is 630 g/mol. The number of nitrogens with zero attached hydrogens (tertiary/aromatic N) is 2. The number of allylic oxidation sites excluding steroid dienone is 2. The third-order valence-corrected chi connectivity index (χ3v) is 9.99. The molecular weight excluding hydrogens is 595 g/mol. The van der Waals surface area contributed by atoms with Gasteiger partial charge in [-0.15, -0.1) is 0 Å². The van der Waals surface area contributed by atoms with E-state index in [2.05, 4.69) is 168 Å². The highest BCUT2D eigenvalue weighted by Gasteiger charge is 2.17. The summed E-state index contributed by atoms with van der Waals surface area (Å²) in [6.07, 6.45) is 8.03. The van der Waals surface area contributed by atoms with Crippen LogP contribution in [0.4, 0.5) is 0 Å². The molecule has 9 rings (SSSR count). The normalized spacial score (nSPS) is 13.0. The first-order valence-electron chi connectivity index (χ1n) is 16.9. The molecule has 8 aromatic rings. The van der Waals surface area contributed by atoms with E-state index in [1.165, 1.54) is 88.2 Å². The molecule has 0 amide bonds. The molecule has 6 aromatic carbocycles. The fourth-order valence-electron chi connectivity index (χ4n) is 7.51. The average Bonchev–Trinajstić information content (AvgIpc) is 3.49. The Hall–Kier alpha value is -6.19. The minimum absolute atomic E-state index is 0.886. The summed E-state index contributed by atoms with van der Waals surface area (Å²) in [6, 6.07) is 49.1. The lowest BCUT2D eigenvalue weighted by Gasteiger charge is -2.15. The van der Waals surface area contributed by atoms with E-state index in [0.29, 0.717) is 0 Å². The first-order valence-corrected chi connectivity index (χ1v) is 16.9. The topological polar surface area (TPSA) is 29.9 Å². The summed E-state index contributed by atoms with van der Waals surface area (Å²) in [5.74, 6) is 0. The predicted molar refractivity (Wildman–Crippen MR) is 207 cm³/mol. The van der Waals surface area contributed by atoms with E-state index in [0.717, 1.165) is 12.2 Å². The molecule has 0 saturated heterocycles. The van der Waals surface area contributed by atoms with Crippen molar-refractivity contribution in [1.29, 1.82) is 0 Å². The number of fused-ring (bicyclic) bond motifs is 5. The second-order valence-corrected chi connectivity index (χ2v) is 13.1. The van der Waals surface area contributed by atoms with Crippen LogP contribution < -0.4 is 5.32 Å². The molecule has 0 bridgehead atoms. The summed E-state index contributed by atoms with van der Waals surface area (Å²) in [4.78, 5) is 4.30. The van der Waals surface area contributed by atoms with Gasteiger partial charge in [0.2, 0.25) is 0 Å². The van der Waals surface area contributed by atoms with Crippen molar-refractivity contribution in [3.8, 4) is 39.1 Å². The minimum atomic E-state index is 0.886. The van der Waals surface area contributed by atoms with Crippen LogP contribution in [-0.4, -0.2) is 16.1 Å². The molecule has 0 unspecified atom stereocenters. The molecule has 49 heavy (non-hydrogen) atoms. The van der Waals surface area contributed by atoms with Crippen molar-refractivity contribution in [2.24, 2.45) is 0 Å². The van der Waals surface area contributed by atoms with Crippen LogP contribution >= 0.6 is 0 Å². The second kappa shape index (κ2) is 11.8. The van der Waals surface area contributed by atoms with Gasteiger partial charge in [-0.1, -0.05) is 91.0 Å². The predicted octanol–water partition coefficient (Wildman–Crippen LogP) is 11.5. The highest BCUT2D eigenvalue weighted by Crippen LogP contribution is 2.40. The van der Waals surface area contributed by atoms with Crippen molar-refractivity contribution in [3.05, 3.63) is 175 Å². The van der Waals surface area contributed by atoms with Gasteiger partial charge in [0.15, 0.2) is 0 Å². The van der Waals surface area contributed by atoms with Gasteiger partial charge < -0.3 is 9.88 Å². The van der Waals surface area contributed by atoms with Crippen LogP contribution in [0.3, 0.4) is 0 Å². The number of aromatic nitrogens is 2. The lowest BCUT2D eigenvalue weighted by molar-refractivity contribution is 0.925. The molecule has 3 heteroatoms. The van der Waals surface area contributed by atoms with Gasteiger partial charge in [-0.05, 0) is 130 Å². The monoisotopic (exact) mass is 629 g/mol. The number of nitrogens with one attached hydrogen (secondary N) is 1. The van der Waals surface area contributed by atoms with E-state index in [1.807, 2.05) is 18.6 Å². The van der Waals surface area contributed by atoms with Crippen molar-refractivity contribution in [3.63, 3.8) is 0 Å². The Labute approximate surface area is 286 Å². The Balaban J connectivity index is 1.21. The Kier molecular flexibility index (Phi) is 6.98. The van der Waals surface area contributed by atoms with E-state index in [4.69, 9.17) is 0 Å². The maximum atomic E-state index is 4.30. The van der Waals surface area contributed by atoms with E-state index in [1.54, 1.807) is 0 Å². The van der Waals surface area contributed by atoms with E-state index >= 15 is 0 Å². The van der Waals surface area contributed by atoms with Crippen LogP contribution in [0.25, 0.3) is 77.2 Å². The van der Waals surface area contributed by atoms with Crippen LogP contribution in [0.1, 0.15) is 18.1 Å². The zero-order valence-electron chi connectivity index (χ0n) is 27.6. The molecular formula is C46H35N3. The number of aryl methyl sites for hydroxylation is 1. The van der Waals surface area contributed by atoms with Crippen LogP contribution in [0, 0.1) is 6.92 Å². The Bertz CT molecular complexity index is 2620. The van der Waals surface area contributed by atoms with Gasteiger partial charge >= 0.3 is 0 Å². The summed E-state index contributed by atoms with van der Waals surface area (Å²) in [6.45, 7) is 5.21. The highest BCUT2D eigenvalue weighted by atomic mass is 15.0. The molecule has 234 valence electrons. The van der Waals surface area contributed by atoms with Crippen molar-refractivity contribution < 1.29 is 0 Å². The zero-order valence-corrected chi connectivity index (χ0v) is 27.6. The molecule has 0 fully saturated rings. The SMILES string of the molecule is CC1=C(c2cccc(-c3ccc4c(ccc5c6ccc(-c7cccc(-c8ccncc8C)c7)cc6n(-c6ccccc6)c45)c3)c2)C=CNC1. The maximum absolute atomic E-state index is 4.30. The molecule has 0 spiro atoms. The Morgan fingerprint density at radius 1 is 0.592 bits per heavy atom. The summed E-state index contributed by atoms with van der Waals surface area (Å²) in [7, 11) is 0. The fourth-order valence-corrected chi connectivity index (χ4v) is 7.51. The zero-order chi connectivity index (χ0) is 32.9. The number of dihydropyridines is 1. The third-order valence-electron chi connectivity index (χ3n) is 9.99. The van der Waals surface area contributed by atoms with Crippen LogP contribution in [0.2, 0.25) is 0 Å². The van der Waals surface area contributed by atoms with Gasteiger partial charge in [0.05, 0.1) is 11.0 Å². The largest absolute Gasteiger partial charge is 0.387 e. The number of para-hydroxylation sites is 1. The first-order chi connectivity index (χ1) is 24.1. The minimum Gasteiger partial charge on any atom is -0.387 e. The van der Waals surface area contributed by atoms with E-state index in [9.17, 15) is 0 Å². The molecule has 0 aliphatic carbocycles. The lowest BCUT2D eigenvalue weighted by Crippen LogP contribution is -2.13. The molecule has 1 aliphatic heterocycles. The molecule has 0 atom stereocenters. The smallest absolute Gasteiger partial charge is 0.0619 e. The van der Waals surface area contributed by atoms with Gasteiger partial charge in [0, 0.05) is 40.8 Å². The Morgan fingerprint density at radius 2 is 1.29 bits per heavy atom. The van der Waals surface area contributed by atoms with E-state index in [-0.39, 0.29) is 0 Å². The Morgan fingerprint density at radius 3 is 2.08 bits per heavy atom. The van der Waals surface area contributed by atoms with Crippen molar-refractivity contribution in [2.75, 3.05) is 6.54 Å². The quantitative estimate of drug-likeness (QED) is 0.205. The van der Waals surface area contributed by atoms with E-state index < -0.39 is 0 Å². The molecule has 2 aromatic heterocycles. The van der Waals surface area contributed by atoms with Crippen molar-refractivity contribution in [2.45, 2.75) is 13.8 Å². The molecule has 0 saturated carbocycles. The lowest BCUT2D eigenvalue weighted by atomic mass is 9.94. The van der Waals surface area contributed by atoms with Gasteiger partial charge in [0.1, 0.15) is 0 Å². The standard InChI is InChI=1S/C46H35N3/c1-30-28-47-22-20-40(30)36-10-6-8-32(24-36)34-14-17-42-38(26-34)16-19-44-43-18-15-35(27-45(43)49(46(42)44)39-12-4-3-5-13-39)33-9-7-11-37(25-33)41-21-23-48-29-31(41)2/h3-27,29,47H,28H2,1-2H3. The number of hydrogen-bond acceptors (Lipinski definition) is 2. The molecule has 3 nitrogen and oxygen atoms in total. The summed E-state index contributed by atoms with van der Waals surface area (Å²) < 4.78 is 2.45. The molecule has 1 aliphatic rings. The van der Waals surface area contributed by atoms with Crippen molar-refractivity contribution >= 4 is 38.2 Å². The first kappa shape index (κ1) is 29.0. The highest BCUT2D eigenvalue weighted by molar-refractivity contribution is 6.19. The summed E-state index contributed by atoms with van der Waals surface area (Å²) >= 11 is 0. The fraction of sp³-hybridized carbons (Fsp3) is 0.0652. The van der Waals surface area contributed by atoms with Gasteiger partial charge in [0.25, 0.3) is 0 Å².